The summed E-state index contributed by atoms with van der Waals surface area (Å²) in [5.41, 5.74) is 6.16. The molecule has 2 aromatic rings. The van der Waals surface area contributed by atoms with E-state index in [0.717, 1.165) is 22.1 Å². The Hall–Kier alpha value is -2.00. The summed E-state index contributed by atoms with van der Waals surface area (Å²) in [6, 6.07) is 9.39. The summed E-state index contributed by atoms with van der Waals surface area (Å²) in [5.74, 6) is 1.01. The Morgan fingerprint density at radius 3 is 2.76 bits per heavy atom. The van der Waals surface area contributed by atoms with E-state index in [4.69, 9.17) is 10.5 Å². The van der Waals surface area contributed by atoms with Crippen LogP contribution in [-0.4, -0.2) is 18.8 Å². The van der Waals surface area contributed by atoms with Crippen molar-refractivity contribution in [2.75, 3.05) is 13.7 Å². The molecule has 0 saturated heterocycles. The molecule has 3 N–H and O–H groups in total. The first kappa shape index (κ1) is 11.5. The van der Waals surface area contributed by atoms with E-state index < -0.39 is 0 Å². The molecule has 0 radical (unpaired) electrons. The molecule has 88 valence electrons. The number of hydrogen-bond acceptors (Lipinski definition) is 3. The van der Waals surface area contributed by atoms with Crippen LogP contribution in [0.1, 0.15) is 5.56 Å². The van der Waals surface area contributed by atoms with Crippen LogP contribution in [0, 0.1) is 0 Å². The molecule has 0 aliphatic heterocycles. The van der Waals surface area contributed by atoms with Crippen molar-refractivity contribution in [3.05, 3.63) is 42.0 Å². The predicted molar refractivity (Wildman–Crippen MR) is 70.3 cm³/mol. The first-order valence-corrected chi connectivity index (χ1v) is 5.43. The normalized spacial score (nSPS) is 11.2. The zero-order chi connectivity index (χ0) is 12.3. The van der Waals surface area contributed by atoms with Crippen molar-refractivity contribution in [3.8, 4) is 11.5 Å². The van der Waals surface area contributed by atoms with E-state index in [1.807, 2.05) is 36.4 Å². The fourth-order valence-electron chi connectivity index (χ4n) is 1.84. The Bertz CT molecular complexity index is 561. The van der Waals surface area contributed by atoms with E-state index in [1.54, 1.807) is 13.2 Å². The monoisotopic (exact) mass is 229 g/mol. The van der Waals surface area contributed by atoms with Gasteiger partial charge in [0.25, 0.3) is 0 Å². The molecular weight excluding hydrogens is 214 g/mol. The maximum absolute atomic E-state index is 10.1. The number of methoxy groups -OCH3 is 1. The molecule has 0 heterocycles. The highest BCUT2D eigenvalue weighted by Gasteiger charge is 2.07. The number of nitrogens with two attached hydrogens (primary N) is 1. The van der Waals surface area contributed by atoms with Gasteiger partial charge in [-0.3, -0.25) is 0 Å². The van der Waals surface area contributed by atoms with Crippen molar-refractivity contribution in [2.45, 2.75) is 0 Å². The molecule has 0 spiro atoms. The first-order chi connectivity index (χ1) is 8.27. The zero-order valence-corrected chi connectivity index (χ0v) is 9.68. The minimum atomic E-state index is 0.256. The number of ether oxygens (including phenoxy) is 1. The molecule has 0 unspecified atom stereocenters. The SMILES string of the molecule is COc1cccc2c(O)c(/C=C/CN)ccc12. The van der Waals surface area contributed by atoms with E-state index in [-0.39, 0.29) is 5.75 Å². The third kappa shape index (κ3) is 2.10. The molecule has 0 saturated carbocycles. The van der Waals surface area contributed by atoms with Gasteiger partial charge in [-0.05, 0) is 12.1 Å². The quantitative estimate of drug-likeness (QED) is 0.850. The van der Waals surface area contributed by atoms with E-state index >= 15 is 0 Å². The van der Waals surface area contributed by atoms with Crippen molar-refractivity contribution in [3.63, 3.8) is 0 Å². The van der Waals surface area contributed by atoms with Gasteiger partial charge in [0.2, 0.25) is 0 Å². The lowest BCUT2D eigenvalue weighted by Crippen LogP contribution is -1.92. The lowest BCUT2D eigenvalue weighted by molar-refractivity contribution is 0.419. The van der Waals surface area contributed by atoms with Crippen LogP contribution >= 0.6 is 0 Å². The fraction of sp³-hybridized carbons (Fsp3) is 0.143. The van der Waals surface area contributed by atoms with Gasteiger partial charge < -0.3 is 15.6 Å². The Kier molecular flexibility index (Phi) is 3.30. The van der Waals surface area contributed by atoms with E-state index in [1.165, 1.54) is 0 Å². The maximum atomic E-state index is 10.1. The summed E-state index contributed by atoms with van der Waals surface area (Å²) in [5, 5.41) is 11.8. The number of phenols is 1. The highest BCUT2D eigenvalue weighted by atomic mass is 16.5. The van der Waals surface area contributed by atoms with Gasteiger partial charge in [-0.15, -0.1) is 0 Å². The van der Waals surface area contributed by atoms with Gasteiger partial charge in [0.05, 0.1) is 7.11 Å². The molecule has 2 aromatic carbocycles. The molecule has 0 atom stereocenters. The Labute approximate surface area is 100 Å². The lowest BCUT2D eigenvalue weighted by Gasteiger charge is -2.08. The van der Waals surface area contributed by atoms with Crippen LogP contribution in [0.2, 0.25) is 0 Å². The first-order valence-electron chi connectivity index (χ1n) is 5.43. The van der Waals surface area contributed by atoms with Crippen LogP contribution in [0.15, 0.2) is 36.4 Å². The standard InChI is InChI=1S/C14H15NO2/c1-17-13-6-2-5-12-11(13)8-7-10(14(12)16)4-3-9-15/h2-8,16H,9,15H2,1H3/b4-3+. The van der Waals surface area contributed by atoms with E-state index in [9.17, 15) is 5.11 Å². The highest BCUT2D eigenvalue weighted by molar-refractivity contribution is 5.95. The van der Waals surface area contributed by atoms with Gasteiger partial charge in [-0.25, -0.2) is 0 Å². The van der Waals surface area contributed by atoms with E-state index in [2.05, 4.69) is 0 Å². The van der Waals surface area contributed by atoms with Crippen LogP contribution in [0.25, 0.3) is 16.8 Å². The fourth-order valence-corrected chi connectivity index (χ4v) is 1.84. The smallest absolute Gasteiger partial charge is 0.130 e. The number of rotatable bonds is 3. The van der Waals surface area contributed by atoms with Crippen molar-refractivity contribution in [1.29, 1.82) is 0 Å². The number of hydrogen-bond donors (Lipinski definition) is 2. The Balaban J connectivity index is 2.64. The summed E-state index contributed by atoms with van der Waals surface area (Å²) in [6.07, 6.45) is 3.62. The second-order valence-electron chi connectivity index (χ2n) is 3.70. The second kappa shape index (κ2) is 4.89. The molecule has 0 aliphatic rings. The third-order valence-corrected chi connectivity index (χ3v) is 2.68. The number of benzene rings is 2. The molecule has 3 heteroatoms. The average molecular weight is 229 g/mol. The Morgan fingerprint density at radius 1 is 1.24 bits per heavy atom. The van der Waals surface area contributed by atoms with Crippen LogP contribution in [0.4, 0.5) is 0 Å². The van der Waals surface area contributed by atoms with Gasteiger partial charge in [-0.1, -0.05) is 30.4 Å². The molecule has 2 rings (SSSR count). The van der Waals surface area contributed by atoms with Gasteiger partial charge in [0.1, 0.15) is 11.5 Å². The number of fused-ring (bicyclic) bond motifs is 1. The molecule has 0 amide bonds. The maximum Gasteiger partial charge on any atom is 0.130 e. The van der Waals surface area contributed by atoms with Gasteiger partial charge in [0, 0.05) is 22.9 Å². The van der Waals surface area contributed by atoms with Crippen molar-refractivity contribution < 1.29 is 9.84 Å². The molecule has 3 nitrogen and oxygen atoms in total. The molecule has 0 aromatic heterocycles. The van der Waals surface area contributed by atoms with Gasteiger partial charge in [0.15, 0.2) is 0 Å². The number of phenolic OH excluding ortho intramolecular Hbond substituents is 1. The third-order valence-electron chi connectivity index (χ3n) is 2.68. The second-order valence-corrected chi connectivity index (χ2v) is 3.70. The van der Waals surface area contributed by atoms with Crippen LogP contribution in [0.3, 0.4) is 0 Å². The molecule has 17 heavy (non-hydrogen) atoms. The number of aromatic hydroxyl groups is 1. The predicted octanol–water partition coefficient (Wildman–Crippen LogP) is 2.53. The summed E-state index contributed by atoms with van der Waals surface area (Å²) in [6.45, 7) is 0.454. The Morgan fingerprint density at radius 2 is 2.06 bits per heavy atom. The van der Waals surface area contributed by atoms with Crippen LogP contribution in [-0.2, 0) is 0 Å². The van der Waals surface area contributed by atoms with Crippen molar-refractivity contribution in [1.82, 2.24) is 0 Å². The summed E-state index contributed by atoms with van der Waals surface area (Å²) >= 11 is 0. The highest BCUT2D eigenvalue weighted by Crippen LogP contribution is 2.34. The topological polar surface area (TPSA) is 55.5 Å². The van der Waals surface area contributed by atoms with Crippen LogP contribution < -0.4 is 10.5 Å². The summed E-state index contributed by atoms with van der Waals surface area (Å²) in [7, 11) is 1.62. The van der Waals surface area contributed by atoms with Gasteiger partial charge in [-0.2, -0.15) is 0 Å². The molecule has 0 bridgehead atoms. The minimum absolute atomic E-state index is 0.256. The van der Waals surface area contributed by atoms with Gasteiger partial charge >= 0.3 is 0 Å². The van der Waals surface area contributed by atoms with Crippen LogP contribution in [0.5, 0.6) is 11.5 Å². The molecule has 0 fully saturated rings. The van der Waals surface area contributed by atoms with E-state index in [0.29, 0.717) is 6.54 Å². The largest absolute Gasteiger partial charge is 0.507 e. The average Bonchev–Trinajstić information content (AvgIpc) is 2.37. The molecule has 0 aliphatic carbocycles. The summed E-state index contributed by atoms with van der Waals surface area (Å²) in [4.78, 5) is 0. The summed E-state index contributed by atoms with van der Waals surface area (Å²) < 4.78 is 5.25. The lowest BCUT2D eigenvalue weighted by atomic mass is 10.0. The zero-order valence-electron chi connectivity index (χ0n) is 9.68. The van der Waals surface area contributed by atoms with Crippen molar-refractivity contribution in [2.24, 2.45) is 5.73 Å². The molecular formula is C14H15NO2. The van der Waals surface area contributed by atoms with Crippen molar-refractivity contribution >= 4 is 16.8 Å². The minimum Gasteiger partial charge on any atom is -0.507 e.